The number of anilines is 2. The minimum absolute atomic E-state index is 0.00453. The van der Waals surface area contributed by atoms with E-state index in [-0.39, 0.29) is 30.2 Å². The Morgan fingerprint density at radius 1 is 1.17 bits per heavy atom. The van der Waals surface area contributed by atoms with E-state index in [9.17, 15) is 19.5 Å². The normalized spacial score (nSPS) is 32.5. The fourth-order valence-corrected chi connectivity index (χ4v) is 6.78. The summed E-state index contributed by atoms with van der Waals surface area (Å²) in [6.07, 6.45) is 1.62. The first kappa shape index (κ1) is 26.4. The molecule has 198 valence electrons. The molecule has 3 N–H and O–H groups in total. The van der Waals surface area contributed by atoms with E-state index in [2.05, 4.69) is 29.4 Å². The van der Waals surface area contributed by atoms with Crippen molar-refractivity contribution in [3.05, 3.63) is 24.3 Å². The van der Waals surface area contributed by atoms with E-state index in [0.29, 0.717) is 31.5 Å². The van der Waals surface area contributed by atoms with Gasteiger partial charge in [0.25, 0.3) is 0 Å². The lowest BCUT2D eigenvalue weighted by molar-refractivity contribution is -0.146. The molecule has 0 aromatic heterocycles. The van der Waals surface area contributed by atoms with Crippen molar-refractivity contribution in [3.8, 4) is 0 Å². The molecular formula is C27H40N4O5. The highest BCUT2D eigenvalue weighted by Gasteiger charge is 2.79. The lowest BCUT2D eigenvalue weighted by atomic mass is 9.62. The Morgan fingerprint density at radius 2 is 1.83 bits per heavy atom. The van der Waals surface area contributed by atoms with Crippen LogP contribution in [0, 0.1) is 17.8 Å². The number of unbranched alkanes of at least 4 members (excludes halogenated alkanes) is 1. The van der Waals surface area contributed by atoms with Crippen LogP contribution in [-0.2, 0) is 19.1 Å². The van der Waals surface area contributed by atoms with Gasteiger partial charge in [-0.1, -0.05) is 6.92 Å². The number of ether oxygens (including phenoxy) is 1. The highest BCUT2D eigenvalue weighted by Crippen LogP contribution is 2.65. The number of amides is 3. The third-order valence-electron chi connectivity index (χ3n) is 8.66. The zero-order chi connectivity index (χ0) is 26.3. The third-order valence-corrected chi connectivity index (χ3v) is 8.66. The molecule has 0 saturated carbocycles. The number of aliphatic hydroxyl groups is 1. The summed E-state index contributed by atoms with van der Waals surface area (Å²) in [5.41, 5.74) is -0.159. The fourth-order valence-electron chi connectivity index (χ4n) is 6.78. The highest BCUT2D eigenvalue weighted by molar-refractivity contribution is 6.03. The van der Waals surface area contributed by atoms with Gasteiger partial charge in [0, 0.05) is 44.7 Å². The summed E-state index contributed by atoms with van der Waals surface area (Å²) >= 11 is 0. The van der Waals surface area contributed by atoms with Crippen LogP contribution in [0.2, 0.25) is 0 Å². The van der Waals surface area contributed by atoms with Crippen molar-refractivity contribution in [1.29, 1.82) is 0 Å². The summed E-state index contributed by atoms with van der Waals surface area (Å²) in [5, 5.41) is 15.0. The number of benzene rings is 1. The molecule has 3 fully saturated rings. The van der Waals surface area contributed by atoms with Gasteiger partial charge in [-0.2, -0.15) is 0 Å². The van der Waals surface area contributed by atoms with E-state index in [1.807, 2.05) is 38.1 Å². The molecule has 3 heterocycles. The Bertz CT molecular complexity index is 996. The van der Waals surface area contributed by atoms with Gasteiger partial charge >= 0.3 is 0 Å². The molecule has 3 unspecified atom stereocenters. The molecule has 1 aromatic rings. The zero-order valence-electron chi connectivity index (χ0n) is 22.0. The summed E-state index contributed by atoms with van der Waals surface area (Å²) in [4.78, 5) is 44.5. The molecule has 0 radical (unpaired) electrons. The number of nitrogens with zero attached hydrogens (tertiary/aromatic N) is 2. The zero-order valence-corrected chi connectivity index (χ0v) is 22.0. The van der Waals surface area contributed by atoms with Crippen molar-refractivity contribution in [2.24, 2.45) is 17.8 Å². The smallest absolute Gasteiger partial charge is 0.250 e. The lowest BCUT2D eigenvalue weighted by Gasteiger charge is -2.36. The van der Waals surface area contributed by atoms with Crippen molar-refractivity contribution in [2.75, 3.05) is 43.5 Å². The van der Waals surface area contributed by atoms with Gasteiger partial charge in [0.05, 0.1) is 17.4 Å². The van der Waals surface area contributed by atoms with Crippen LogP contribution in [0.3, 0.4) is 0 Å². The number of rotatable bonds is 10. The average molecular weight is 501 g/mol. The van der Waals surface area contributed by atoms with E-state index in [1.165, 1.54) is 0 Å². The molecule has 4 rings (SSSR count). The minimum atomic E-state index is -1.06. The van der Waals surface area contributed by atoms with Crippen LogP contribution in [-0.4, -0.2) is 78.3 Å². The minimum Gasteiger partial charge on any atom is -0.396 e. The third kappa shape index (κ3) is 3.96. The summed E-state index contributed by atoms with van der Waals surface area (Å²) in [5.74, 6) is -2.12. The predicted octanol–water partition coefficient (Wildman–Crippen LogP) is 2.00. The summed E-state index contributed by atoms with van der Waals surface area (Å²) in [6, 6.07) is 6.85. The Morgan fingerprint density at radius 3 is 2.42 bits per heavy atom. The van der Waals surface area contributed by atoms with E-state index in [4.69, 9.17) is 4.74 Å². The standard InChI is InChI=1S/C27H40N4O5/c1-6-30(7-2)19-12-10-18(11-13-19)29-24(34)22-27-16-17(3)26(4,36-27)20(23(33)28-5)21(27)25(35)31(22)14-8-9-15-32/h10-13,17,20-22,32H,6-9,14-16H2,1-5H3,(H,28,33)(H,29,34)/t17?,20-,21-,22?,26+,27?/m0/s1. The predicted molar refractivity (Wildman–Crippen MR) is 138 cm³/mol. The van der Waals surface area contributed by atoms with Crippen LogP contribution in [0.1, 0.15) is 47.0 Å². The summed E-state index contributed by atoms with van der Waals surface area (Å²) in [7, 11) is 1.57. The molecule has 1 aromatic carbocycles. The SMILES string of the molecule is CCN(CC)c1ccc(NC(=O)C2N(CCCCO)C(=O)[C@@H]3[C@@H](C(=O)NC)[C@]4(C)OC23CC4C)cc1. The number of hydrogen-bond acceptors (Lipinski definition) is 6. The van der Waals surface area contributed by atoms with Crippen molar-refractivity contribution in [2.45, 2.75) is 64.2 Å². The van der Waals surface area contributed by atoms with Crippen molar-refractivity contribution in [3.63, 3.8) is 0 Å². The molecule has 3 aliphatic rings. The van der Waals surface area contributed by atoms with Crippen LogP contribution in [0.4, 0.5) is 11.4 Å². The molecule has 9 heteroatoms. The van der Waals surface area contributed by atoms with Crippen LogP contribution in [0.15, 0.2) is 24.3 Å². The number of fused-ring (bicyclic) bond motifs is 1. The van der Waals surface area contributed by atoms with Crippen molar-refractivity contribution < 1.29 is 24.2 Å². The second-order valence-electron chi connectivity index (χ2n) is 10.5. The lowest BCUT2D eigenvalue weighted by Crippen LogP contribution is -2.54. The van der Waals surface area contributed by atoms with Crippen LogP contribution < -0.4 is 15.5 Å². The molecule has 1 spiro atoms. The molecule has 36 heavy (non-hydrogen) atoms. The van der Waals surface area contributed by atoms with Crippen LogP contribution >= 0.6 is 0 Å². The molecular weight excluding hydrogens is 460 g/mol. The van der Waals surface area contributed by atoms with E-state index in [1.54, 1.807) is 11.9 Å². The van der Waals surface area contributed by atoms with Crippen molar-refractivity contribution >= 4 is 29.1 Å². The number of carbonyl (C=O) groups excluding carboxylic acids is 3. The molecule has 9 nitrogen and oxygen atoms in total. The average Bonchev–Trinajstić information content (AvgIpc) is 3.37. The topological polar surface area (TPSA) is 111 Å². The van der Waals surface area contributed by atoms with Gasteiger partial charge in [0.1, 0.15) is 11.6 Å². The fraction of sp³-hybridized carbons (Fsp3) is 0.667. The molecule has 0 aliphatic carbocycles. The summed E-state index contributed by atoms with van der Waals surface area (Å²) < 4.78 is 6.64. The maximum atomic E-state index is 13.9. The molecule has 3 aliphatic heterocycles. The molecule has 3 amide bonds. The van der Waals surface area contributed by atoms with Crippen LogP contribution in [0.25, 0.3) is 0 Å². The van der Waals surface area contributed by atoms with Gasteiger partial charge in [-0.25, -0.2) is 0 Å². The molecule has 2 bridgehead atoms. The van der Waals surface area contributed by atoms with E-state index < -0.39 is 29.1 Å². The van der Waals surface area contributed by atoms with Gasteiger partial charge in [0.2, 0.25) is 17.7 Å². The number of hydrogen-bond donors (Lipinski definition) is 3. The number of carbonyl (C=O) groups is 3. The van der Waals surface area contributed by atoms with Gasteiger partial charge < -0.3 is 30.3 Å². The van der Waals surface area contributed by atoms with Crippen LogP contribution in [0.5, 0.6) is 0 Å². The maximum Gasteiger partial charge on any atom is 0.250 e. The Hall–Kier alpha value is -2.65. The van der Waals surface area contributed by atoms with Gasteiger partial charge in [-0.3, -0.25) is 14.4 Å². The first-order valence-electron chi connectivity index (χ1n) is 13.2. The van der Waals surface area contributed by atoms with Gasteiger partial charge in [0.15, 0.2) is 0 Å². The Balaban J connectivity index is 1.67. The molecule has 6 atom stereocenters. The number of aliphatic hydroxyl groups excluding tert-OH is 1. The Kier molecular flexibility index (Phi) is 7.35. The Labute approximate surface area is 213 Å². The molecule has 3 saturated heterocycles. The second kappa shape index (κ2) is 10.0. The first-order valence-corrected chi connectivity index (χ1v) is 13.2. The number of likely N-dealkylation sites (tertiary alicyclic amines) is 1. The maximum absolute atomic E-state index is 13.9. The number of nitrogens with one attached hydrogen (secondary N) is 2. The first-order chi connectivity index (χ1) is 17.2. The largest absolute Gasteiger partial charge is 0.396 e. The highest BCUT2D eigenvalue weighted by atomic mass is 16.5. The van der Waals surface area contributed by atoms with E-state index in [0.717, 1.165) is 18.8 Å². The monoisotopic (exact) mass is 500 g/mol. The van der Waals surface area contributed by atoms with Gasteiger partial charge in [-0.15, -0.1) is 0 Å². The van der Waals surface area contributed by atoms with Gasteiger partial charge in [-0.05, 0) is 70.2 Å². The second-order valence-corrected chi connectivity index (χ2v) is 10.5. The van der Waals surface area contributed by atoms with Crippen molar-refractivity contribution in [1.82, 2.24) is 10.2 Å². The summed E-state index contributed by atoms with van der Waals surface area (Å²) in [6.45, 7) is 10.2. The quantitative estimate of drug-likeness (QED) is 0.424. The van der Waals surface area contributed by atoms with E-state index >= 15 is 0 Å².